The molecule has 0 aliphatic heterocycles. The van der Waals surface area contributed by atoms with Gasteiger partial charge in [0, 0.05) is 34.1 Å². The SMILES string of the molecule is NC(=O)c1ccc(SCC(=O)Nc2ncc(Cc3ccccc3Cl)s2)c([N+](=O)[O-])c1. The summed E-state index contributed by atoms with van der Waals surface area (Å²) in [5.41, 5.74) is 5.87. The summed E-state index contributed by atoms with van der Waals surface area (Å²) in [6, 6.07) is 11.4. The minimum absolute atomic E-state index is 0.0318. The number of aromatic nitrogens is 1. The average Bonchev–Trinajstić information content (AvgIpc) is 3.14. The van der Waals surface area contributed by atoms with E-state index in [0.29, 0.717) is 16.6 Å². The second kappa shape index (κ2) is 9.70. The lowest BCUT2D eigenvalue weighted by Crippen LogP contribution is -2.14. The Morgan fingerprint density at radius 3 is 2.73 bits per heavy atom. The monoisotopic (exact) mass is 462 g/mol. The zero-order chi connectivity index (χ0) is 21.7. The van der Waals surface area contributed by atoms with Gasteiger partial charge in [-0.15, -0.1) is 23.1 Å². The van der Waals surface area contributed by atoms with E-state index in [4.69, 9.17) is 17.3 Å². The molecule has 0 saturated carbocycles. The molecule has 2 aromatic carbocycles. The molecule has 3 aromatic rings. The highest BCUT2D eigenvalue weighted by Crippen LogP contribution is 2.30. The van der Waals surface area contributed by atoms with Crippen LogP contribution in [0.2, 0.25) is 5.02 Å². The summed E-state index contributed by atoms with van der Waals surface area (Å²) in [5.74, 6) is -1.17. The Balaban J connectivity index is 1.60. The second-order valence-electron chi connectivity index (χ2n) is 6.04. The van der Waals surface area contributed by atoms with E-state index >= 15 is 0 Å². The number of primary amides is 1. The molecule has 0 fully saturated rings. The van der Waals surface area contributed by atoms with Gasteiger partial charge in [0.2, 0.25) is 11.8 Å². The lowest BCUT2D eigenvalue weighted by molar-refractivity contribution is -0.387. The van der Waals surface area contributed by atoms with E-state index in [1.807, 2.05) is 24.3 Å². The van der Waals surface area contributed by atoms with E-state index in [-0.39, 0.29) is 27.8 Å². The molecule has 1 heterocycles. The van der Waals surface area contributed by atoms with Crippen molar-refractivity contribution in [1.29, 1.82) is 0 Å². The number of nitrogens with zero attached hydrogens (tertiary/aromatic N) is 2. The maximum atomic E-state index is 12.2. The molecule has 0 spiro atoms. The van der Waals surface area contributed by atoms with Crippen molar-refractivity contribution in [3.63, 3.8) is 0 Å². The Morgan fingerprint density at radius 1 is 1.27 bits per heavy atom. The smallest absolute Gasteiger partial charge is 0.283 e. The predicted molar refractivity (Wildman–Crippen MR) is 117 cm³/mol. The number of thioether (sulfide) groups is 1. The number of halogens is 1. The highest BCUT2D eigenvalue weighted by Gasteiger charge is 2.18. The van der Waals surface area contributed by atoms with Crippen LogP contribution in [0.5, 0.6) is 0 Å². The number of carbonyl (C=O) groups is 2. The van der Waals surface area contributed by atoms with Crippen LogP contribution in [-0.4, -0.2) is 27.5 Å². The first kappa shape index (κ1) is 21.8. The third-order valence-corrected chi connectivity index (χ3v) is 6.27. The summed E-state index contributed by atoms with van der Waals surface area (Å²) in [4.78, 5) is 39.4. The first-order valence-electron chi connectivity index (χ1n) is 8.52. The van der Waals surface area contributed by atoms with Crippen molar-refractivity contribution in [2.45, 2.75) is 11.3 Å². The molecule has 30 heavy (non-hydrogen) atoms. The summed E-state index contributed by atoms with van der Waals surface area (Å²) in [6.07, 6.45) is 2.27. The molecule has 0 aliphatic carbocycles. The second-order valence-corrected chi connectivity index (χ2v) is 8.58. The van der Waals surface area contributed by atoms with Crippen LogP contribution in [0.1, 0.15) is 20.8 Å². The molecule has 0 bridgehead atoms. The summed E-state index contributed by atoms with van der Waals surface area (Å²) in [7, 11) is 0. The number of rotatable bonds is 8. The molecule has 2 amide bonds. The fourth-order valence-electron chi connectivity index (χ4n) is 2.51. The molecule has 0 aliphatic rings. The number of carbonyl (C=O) groups excluding carboxylic acids is 2. The summed E-state index contributed by atoms with van der Waals surface area (Å²) in [6.45, 7) is 0. The van der Waals surface area contributed by atoms with Crippen LogP contribution < -0.4 is 11.1 Å². The van der Waals surface area contributed by atoms with Crippen molar-refractivity contribution in [2.24, 2.45) is 5.73 Å². The molecular weight excluding hydrogens is 448 g/mol. The number of thiazole rings is 1. The molecule has 3 rings (SSSR count). The number of nitrogens with one attached hydrogen (secondary N) is 1. The van der Waals surface area contributed by atoms with E-state index in [2.05, 4.69) is 10.3 Å². The van der Waals surface area contributed by atoms with Gasteiger partial charge >= 0.3 is 0 Å². The molecule has 1 aromatic heterocycles. The maximum Gasteiger partial charge on any atom is 0.283 e. The fraction of sp³-hybridized carbons (Fsp3) is 0.105. The first-order valence-corrected chi connectivity index (χ1v) is 10.7. The van der Waals surface area contributed by atoms with Crippen molar-refractivity contribution >= 4 is 57.3 Å². The quantitative estimate of drug-likeness (QED) is 0.294. The molecular formula is C19H15ClN4O4S2. The van der Waals surface area contributed by atoms with Gasteiger partial charge in [-0.1, -0.05) is 29.8 Å². The van der Waals surface area contributed by atoms with E-state index in [1.165, 1.54) is 23.5 Å². The molecule has 11 heteroatoms. The molecule has 0 unspecified atom stereocenters. The predicted octanol–water partition coefficient (Wildman–Crippen LogP) is 4.13. The molecule has 154 valence electrons. The summed E-state index contributed by atoms with van der Waals surface area (Å²) < 4.78 is 0. The van der Waals surface area contributed by atoms with Crippen LogP contribution in [0, 0.1) is 10.1 Å². The van der Waals surface area contributed by atoms with E-state index in [0.717, 1.165) is 28.3 Å². The average molecular weight is 463 g/mol. The van der Waals surface area contributed by atoms with Crippen molar-refractivity contribution in [3.05, 3.63) is 79.8 Å². The van der Waals surface area contributed by atoms with Gasteiger partial charge in [0.15, 0.2) is 5.13 Å². The van der Waals surface area contributed by atoms with E-state index in [9.17, 15) is 19.7 Å². The number of nitrogens with two attached hydrogens (primary N) is 1. The topological polar surface area (TPSA) is 128 Å². The third kappa shape index (κ3) is 5.56. The number of nitro groups is 1. The van der Waals surface area contributed by atoms with Crippen LogP contribution in [0.25, 0.3) is 0 Å². The minimum atomic E-state index is -0.760. The highest BCUT2D eigenvalue weighted by atomic mass is 35.5. The zero-order valence-electron chi connectivity index (χ0n) is 15.3. The van der Waals surface area contributed by atoms with Crippen LogP contribution in [0.15, 0.2) is 53.6 Å². The molecule has 3 N–H and O–H groups in total. The van der Waals surface area contributed by atoms with Gasteiger partial charge in [-0.25, -0.2) is 4.98 Å². The Morgan fingerprint density at radius 2 is 2.03 bits per heavy atom. The lowest BCUT2D eigenvalue weighted by Gasteiger charge is -2.05. The Kier molecular flexibility index (Phi) is 7.03. The van der Waals surface area contributed by atoms with Crippen LogP contribution in [0.4, 0.5) is 10.8 Å². The van der Waals surface area contributed by atoms with Gasteiger partial charge in [0.25, 0.3) is 5.69 Å². The van der Waals surface area contributed by atoms with Crippen LogP contribution >= 0.6 is 34.7 Å². The summed E-state index contributed by atoms with van der Waals surface area (Å²) in [5, 5.41) is 15.0. The number of hydrogen-bond donors (Lipinski definition) is 2. The van der Waals surface area contributed by atoms with E-state index < -0.39 is 10.8 Å². The number of benzene rings is 2. The summed E-state index contributed by atoms with van der Waals surface area (Å²) >= 11 is 8.48. The van der Waals surface area contributed by atoms with Crippen LogP contribution in [0.3, 0.4) is 0 Å². The number of hydrogen-bond acceptors (Lipinski definition) is 7. The van der Waals surface area contributed by atoms with Gasteiger partial charge in [0.05, 0.1) is 15.6 Å². The Labute approximate surface area is 184 Å². The lowest BCUT2D eigenvalue weighted by atomic mass is 10.1. The van der Waals surface area contributed by atoms with Crippen molar-refractivity contribution < 1.29 is 14.5 Å². The first-order chi connectivity index (χ1) is 14.3. The molecule has 0 radical (unpaired) electrons. The van der Waals surface area contributed by atoms with Crippen molar-refractivity contribution in [3.8, 4) is 0 Å². The van der Waals surface area contributed by atoms with Gasteiger partial charge in [-0.3, -0.25) is 19.7 Å². The standard InChI is InChI=1S/C19H15ClN4O4S2/c20-14-4-2-1-3-11(14)7-13-9-22-19(30-13)23-17(25)10-29-16-6-5-12(18(21)26)8-15(16)24(27)28/h1-6,8-9H,7,10H2,(H2,21,26)(H,22,23,25). The van der Waals surface area contributed by atoms with Gasteiger partial charge in [-0.2, -0.15) is 0 Å². The van der Waals surface area contributed by atoms with Crippen molar-refractivity contribution in [2.75, 3.05) is 11.1 Å². The van der Waals surface area contributed by atoms with Gasteiger partial charge in [0.1, 0.15) is 0 Å². The van der Waals surface area contributed by atoms with Gasteiger partial charge < -0.3 is 11.1 Å². The van der Waals surface area contributed by atoms with Crippen LogP contribution in [-0.2, 0) is 11.2 Å². The van der Waals surface area contributed by atoms with E-state index in [1.54, 1.807) is 6.20 Å². The molecule has 8 nitrogen and oxygen atoms in total. The normalized spacial score (nSPS) is 10.6. The zero-order valence-corrected chi connectivity index (χ0v) is 17.7. The highest BCUT2D eigenvalue weighted by molar-refractivity contribution is 8.00. The Hall–Kier alpha value is -2.95. The number of nitro benzene ring substituents is 1. The fourth-order valence-corrected chi connectivity index (χ4v) is 4.37. The molecule has 0 atom stereocenters. The van der Waals surface area contributed by atoms with Crippen molar-refractivity contribution in [1.82, 2.24) is 4.98 Å². The third-order valence-electron chi connectivity index (χ3n) is 3.92. The number of amides is 2. The largest absolute Gasteiger partial charge is 0.366 e. The maximum absolute atomic E-state index is 12.2. The molecule has 0 saturated heterocycles. The van der Waals surface area contributed by atoms with Gasteiger partial charge in [-0.05, 0) is 23.8 Å². The Bertz CT molecular complexity index is 1120. The number of anilines is 1. The minimum Gasteiger partial charge on any atom is -0.366 e.